The van der Waals surface area contributed by atoms with Crippen LogP contribution in [-0.2, 0) is 0 Å². The Morgan fingerprint density at radius 2 is 1.91 bits per heavy atom. The van der Waals surface area contributed by atoms with Gasteiger partial charge in [0.05, 0.1) is 11.4 Å². The maximum Gasteiger partial charge on any atom is 0.255 e. The third-order valence-corrected chi connectivity index (χ3v) is 3.41. The minimum Gasteiger partial charge on any atom is -0.508 e. The van der Waals surface area contributed by atoms with Gasteiger partial charge < -0.3 is 14.8 Å². The van der Waals surface area contributed by atoms with Crippen molar-refractivity contribution in [1.29, 1.82) is 0 Å². The number of rotatable bonds is 3. The van der Waals surface area contributed by atoms with Crippen LogP contribution < -0.4 is 5.32 Å². The molecule has 0 atom stereocenters. The summed E-state index contributed by atoms with van der Waals surface area (Å²) in [5, 5.41) is 12.0. The van der Waals surface area contributed by atoms with Crippen LogP contribution >= 0.6 is 12.2 Å². The molecule has 0 aliphatic carbocycles. The molecule has 5 nitrogen and oxygen atoms in total. The van der Waals surface area contributed by atoms with E-state index in [0.29, 0.717) is 11.3 Å². The molecule has 2 aromatic heterocycles. The zero-order chi connectivity index (χ0) is 15.7. The van der Waals surface area contributed by atoms with Gasteiger partial charge in [0.1, 0.15) is 11.4 Å². The number of hydrogen-bond acceptors (Lipinski definition) is 4. The number of fused-ring (bicyclic) bond motifs is 1. The number of nitrogens with one attached hydrogen (secondary N) is 1. The molecule has 3 aromatic rings. The summed E-state index contributed by atoms with van der Waals surface area (Å²) in [6.07, 6.45) is 3.61. The van der Waals surface area contributed by atoms with E-state index in [0.717, 1.165) is 16.2 Å². The number of aromatic hydroxyl groups is 1. The molecule has 0 aliphatic rings. The Morgan fingerprint density at radius 1 is 1.18 bits per heavy atom. The van der Waals surface area contributed by atoms with E-state index in [9.17, 15) is 9.90 Å². The number of carbonyl (C=O) groups is 1. The number of phenolic OH excluding ortho intramolecular Hbond substituents is 1. The standard InChI is InChI=1S/C16H13N3O2S/c1-10(22)14-9-19-8-12(4-7-15(19)18-14)17-16(21)11-2-5-13(20)6-3-11/h2-9,20H,1H3,(H,17,21). The monoisotopic (exact) mass is 311 g/mol. The second kappa shape index (κ2) is 5.57. The van der Waals surface area contributed by atoms with Crippen LogP contribution in [0.4, 0.5) is 5.69 Å². The number of nitrogens with zero attached hydrogens (tertiary/aromatic N) is 2. The summed E-state index contributed by atoms with van der Waals surface area (Å²) in [5.41, 5.74) is 2.63. The van der Waals surface area contributed by atoms with Crippen LogP contribution in [0.3, 0.4) is 0 Å². The van der Waals surface area contributed by atoms with Gasteiger partial charge in [0.25, 0.3) is 5.91 Å². The Bertz CT molecular complexity index is 869. The molecule has 1 amide bonds. The average Bonchev–Trinajstić information content (AvgIpc) is 2.91. The molecular weight excluding hydrogens is 298 g/mol. The summed E-state index contributed by atoms with van der Waals surface area (Å²) in [6, 6.07) is 9.67. The van der Waals surface area contributed by atoms with Crippen molar-refractivity contribution in [2.45, 2.75) is 6.92 Å². The highest BCUT2D eigenvalue weighted by Crippen LogP contribution is 2.15. The second-order valence-corrected chi connectivity index (χ2v) is 5.48. The molecule has 0 unspecified atom stereocenters. The highest BCUT2D eigenvalue weighted by molar-refractivity contribution is 7.80. The molecule has 0 fully saturated rings. The number of carbonyl (C=O) groups excluding carboxylic acids is 1. The molecule has 0 radical (unpaired) electrons. The van der Waals surface area contributed by atoms with E-state index in [-0.39, 0.29) is 11.7 Å². The van der Waals surface area contributed by atoms with Crippen molar-refractivity contribution < 1.29 is 9.90 Å². The number of amides is 1. The van der Waals surface area contributed by atoms with E-state index >= 15 is 0 Å². The minimum absolute atomic E-state index is 0.124. The fraction of sp³-hybridized carbons (Fsp3) is 0.0625. The Labute approximate surface area is 132 Å². The molecule has 6 heteroatoms. The van der Waals surface area contributed by atoms with E-state index in [1.807, 2.05) is 23.6 Å². The zero-order valence-corrected chi connectivity index (χ0v) is 12.6. The average molecular weight is 311 g/mol. The van der Waals surface area contributed by atoms with Gasteiger partial charge >= 0.3 is 0 Å². The Kier molecular flexibility index (Phi) is 3.60. The number of benzene rings is 1. The highest BCUT2D eigenvalue weighted by Gasteiger charge is 2.08. The Balaban J connectivity index is 1.85. The summed E-state index contributed by atoms with van der Waals surface area (Å²) < 4.78 is 1.82. The van der Waals surface area contributed by atoms with Crippen LogP contribution in [0.5, 0.6) is 5.75 Å². The number of phenols is 1. The summed E-state index contributed by atoms with van der Waals surface area (Å²) in [7, 11) is 0. The molecule has 3 rings (SSSR count). The third-order valence-electron chi connectivity index (χ3n) is 3.20. The maximum atomic E-state index is 12.1. The maximum absolute atomic E-state index is 12.1. The fourth-order valence-electron chi connectivity index (χ4n) is 2.05. The summed E-state index contributed by atoms with van der Waals surface area (Å²) in [4.78, 5) is 17.2. The van der Waals surface area contributed by atoms with E-state index in [1.54, 1.807) is 24.4 Å². The van der Waals surface area contributed by atoms with Gasteiger partial charge in [-0.3, -0.25) is 4.79 Å². The van der Waals surface area contributed by atoms with Crippen LogP contribution in [0.1, 0.15) is 23.0 Å². The molecule has 2 heterocycles. The summed E-state index contributed by atoms with van der Waals surface area (Å²) in [5.74, 6) is -0.120. The molecule has 22 heavy (non-hydrogen) atoms. The molecular formula is C16H13N3O2S. The topological polar surface area (TPSA) is 66.6 Å². The molecule has 0 spiro atoms. The van der Waals surface area contributed by atoms with E-state index in [1.165, 1.54) is 12.1 Å². The lowest BCUT2D eigenvalue weighted by Gasteiger charge is -2.06. The predicted octanol–water partition coefficient (Wildman–Crippen LogP) is 3.03. The molecule has 0 saturated carbocycles. The van der Waals surface area contributed by atoms with E-state index in [4.69, 9.17) is 12.2 Å². The van der Waals surface area contributed by atoms with E-state index in [2.05, 4.69) is 10.3 Å². The number of pyridine rings is 1. The van der Waals surface area contributed by atoms with Crippen molar-refractivity contribution in [3.8, 4) is 5.75 Å². The zero-order valence-electron chi connectivity index (χ0n) is 11.8. The second-order valence-electron chi connectivity index (χ2n) is 4.87. The Hall–Kier alpha value is -2.73. The van der Waals surface area contributed by atoms with Gasteiger partial charge in [-0.2, -0.15) is 0 Å². The largest absolute Gasteiger partial charge is 0.508 e. The van der Waals surface area contributed by atoms with Crippen LogP contribution in [-0.4, -0.2) is 25.3 Å². The number of thiocarbonyl (C=S) groups is 1. The lowest BCUT2D eigenvalue weighted by Crippen LogP contribution is -2.11. The van der Waals surface area contributed by atoms with Gasteiger partial charge in [-0.05, 0) is 43.3 Å². The predicted molar refractivity (Wildman–Crippen MR) is 88.6 cm³/mol. The molecule has 0 saturated heterocycles. The molecule has 110 valence electrons. The lowest BCUT2D eigenvalue weighted by molar-refractivity contribution is 0.102. The molecule has 0 aliphatic heterocycles. The number of anilines is 1. The van der Waals surface area contributed by atoms with Crippen molar-refractivity contribution >= 4 is 34.3 Å². The number of hydrogen-bond donors (Lipinski definition) is 2. The summed E-state index contributed by atoms with van der Waals surface area (Å²) >= 11 is 5.11. The number of aromatic nitrogens is 2. The third kappa shape index (κ3) is 2.82. The SMILES string of the molecule is CC(=S)c1cn2cc(NC(=O)c3ccc(O)cc3)ccc2n1. The van der Waals surface area contributed by atoms with Crippen molar-refractivity contribution in [1.82, 2.24) is 9.38 Å². The van der Waals surface area contributed by atoms with Crippen molar-refractivity contribution in [2.75, 3.05) is 5.32 Å². The normalized spacial score (nSPS) is 10.6. The van der Waals surface area contributed by atoms with Crippen molar-refractivity contribution in [2.24, 2.45) is 0 Å². The highest BCUT2D eigenvalue weighted by atomic mass is 32.1. The van der Waals surface area contributed by atoms with Gasteiger partial charge in [-0.1, -0.05) is 12.2 Å². The molecule has 1 aromatic carbocycles. The van der Waals surface area contributed by atoms with Crippen LogP contribution in [0.25, 0.3) is 5.65 Å². The number of imidazole rings is 1. The first-order valence-electron chi connectivity index (χ1n) is 6.63. The minimum atomic E-state index is -0.245. The Morgan fingerprint density at radius 3 is 2.59 bits per heavy atom. The van der Waals surface area contributed by atoms with Gasteiger partial charge in [0, 0.05) is 22.8 Å². The van der Waals surface area contributed by atoms with Crippen molar-refractivity contribution in [3.63, 3.8) is 0 Å². The first-order chi connectivity index (χ1) is 10.5. The van der Waals surface area contributed by atoms with Gasteiger partial charge in [0.15, 0.2) is 0 Å². The quantitative estimate of drug-likeness (QED) is 0.576. The summed E-state index contributed by atoms with van der Waals surface area (Å²) in [6.45, 7) is 1.82. The first-order valence-corrected chi connectivity index (χ1v) is 7.04. The van der Waals surface area contributed by atoms with Crippen LogP contribution in [0.15, 0.2) is 48.8 Å². The van der Waals surface area contributed by atoms with Gasteiger partial charge in [0.2, 0.25) is 0 Å². The lowest BCUT2D eigenvalue weighted by atomic mass is 10.2. The van der Waals surface area contributed by atoms with Crippen molar-refractivity contribution in [3.05, 3.63) is 60.0 Å². The smallest absolute Gasteiger partial charge is 0.255 e. The van der Waals surface area contributed by atoms with Gasteiger partial charge in [-0.25, -0.2) is 4.98 Å². The van der Waals surface area contributed by atoms with Crippen LogP contribution in [0, 0.1) is 0 Å². The first kappa shape index (κ1) is 14.2. The molecule has 0 bridgehead atoms. The van der Waals surface area contributed by atoms with Crippen LogP contribution in [0.2, 0.25) is 0 Å². The fourth-order valence-corrected chi connectivity index (χ4v) is 2.15. The van der Waals surface area contributed by atoms with E-state index < -0.39 is 0 Å². The van der Waals surface area contributed by atoms with Gasteiger partial charge in [-0.15, -0.1) is 0 Å². The molecule has 2 N–H and O–H groups in total.